The molecule has 0 spiro atoms. The van der Waals surface area contributed by atoms with Gasteiger partial charge in [-0.25, -0.2) is 0 Å². The average molecular weight is 303 g/mol. The maximum Gasteiger partial charge on any atom is 0.254 e. The first-order valence-corrected chi connectivity index (χ1v) is 7.13. The normalized spacial score (nSPS) is 10.5. The Labute approximate surface area is 130 Å². The summed E-state index contributed by atoms with van der Waals surface area (Å²) in [6.07, 6.45) is 0. The molecule has 110 valence electrons. The fourth-order valence-corrected chi connectivity index (χ4v) is 2.41. The van der Waals surface area contributed by atoms with Crippen LogP contribution in [0.1, 0.15) is 27.0 Å². The minimum atomic E-state index is -0.0188. The summed E-state index contributed by atoms with van der Waals surface area (Å²) in [5.41, 5.74) is 10.1. The third-order valence-electron chi connectivity index (χ3n) is 3.66. The Morgan fingerprint density at radius 3 is 2.67 bits per heavy atom. The molecule has 0 saturated carbocycles. The standard InChI is InChI=1S/C17H19ClN2O/c1-11-5-4-6-15(12(11)2)17(21)20(3)10-13-9-14(19)7-8-16(13)18/h4-9H,10,19H2,1-3H3. The van der Waals surface area contributed by atoms with Crippen molar-refractivity contribution in [2.24, 2.45) is 0 Å². The molecule has 3 nitrogen and oxygen atoms in total. The van der Waals surface area contributed by atoms with Gasteiger partial charge in [0.15, 0.2) is 0 Å². The number of amides is 1. The third kappa shape index (κ3) is 3.37. The summed E-state index contributed by atoms with van der Waals surface area (Å²) in [5, 5.41) is 0.616. The number of carbonyl (C=O) groups excluding carboxylic acids is 1. The van der Waals surface area contributed by atoms with Gasteiger partial charge in [-0.2, -0.15) is 0 Å². The first kappa shape index (κ1) is 15.4. The van der Waals surface area contributed by atoms with Gasteiger partial charge in [0.2, 0.25) is 0 Å². The molecule has 0 heterocycles. The van der Waals surface area contributed by atoms with Gasteiger partial charge < -0.3 is 10.6 Å². The first-order chi connectivity index (χ1) is 9.90. The molecule has 0 bridgehead atoms. The van der Waals surface area contributed by atoms with E-state index in [9.17, 15) is 4.79 Å². The number of hydrogen-bond donors (Lipinski definition) is 1. The van der Waals surface area contributed by atoms with Gasteiger partial charge in [0, 0.05) is 29.9 Å². The molecule has 2 rings (SSSR count). The Kier molecular flexibility index (Phi) is 4.53. The number of carbonyl (C=O) groups is 1. The van der Waals surface area contributed by atoms with Crippen molar-refractivity contribution in [3.8, 4) is 0 Å². The minimum Gasteiger partial charge on any atom is -0.399 e. The molecule has 0 saturated heterocycles. The summed E-state index contributed by atoms with van der Waals surface area (Å²) in [4.78, 5) is 14.2. The van der Waals surface area contributed by atoms with Crippen molar-refractivity contribution in [3.05, 3.63) is 63.7 Å². The van der Waals surface area contributed by atoms with Gasteiger partial charge in [-0.3, -0.25) is 4.79 Å². The minimum absolute atomic E-state index is 0.0188. The molecule has 0 radical (unpaired) electrons. The Morgan fingerprint density at radius 2 is 1.95 bits per heavy atom. The molecule has 2 aromatic carbocycles. The van der Waals surface area contributed by atoms with Crippen LogP contribution in [0.15, 0.2) is 36.4 Å². The lowest BCUT2D eigenvalue weighted by molar-refractivity contribution is 0.0784. The van der Waals surface area contributed by atoms with Crippen molar-refractivity contribution in [1.29, 1.82) is 0 Å². The molecular weight excluding hydrogens is 284 g/mol. The van der Waals surface area contributed by atoms with Crippen LogP contribution in [0.4, 0.5) is 5.69 Å². The van der Waals surface area contributed by atoms with E-state index in [4.69, 9.17) is 17.3 Å². The molecule has 21 heavy (non-hydrogen) atoms. The van der Waals surface area contributed by atoms with Crippen LogP contribution in [0.3, 0.4) is 0 Å². The number of hydrogen-bond acceptors (Lipinski definition) is 2. The Balaban J connectivity index is 2.24. The van der Waals surface area contributed by atoms with Gasteiger partial charge >= 0.3 is 0 Å². The summed E-state index contributed by atoms with van der Waals surface area (Å²) < 4.78 is 0. The molecule has 0 aliphatic carbocycles. The molecule has 2 N–H and O–H groups in total. The number of rotatable bonds is 3. The van der Waals surface area contributed by atoms with Crippen LogP contribution >= 0.6 is 11.6 Å². The highest BCUT2D eigenvalue weighted by Crippen LogP contribution is 2.21. The molecule has 0 aromatic heterocycles. The van der Waals surface area contributed by atoms with E-state index >= 15 is 0 Å². The van der Waals surface area contributed by atoms with Gasteiger partial charge in [0.25, 0.3) is 5.91 Å². The van der Waals surface area contributed by atoms with Crippen molar-refractivity contribution < 1.29 is 4.79 Å². The van der Waals surface area contributed by atoms with E-state index in [1.54, 1.807) is 30.1 Å². The predicted molar refractivity (Wildman–Crippen MR) is 87.6 cm³/mol. The Bertz CT molecular complexity index is 682. The van der Waals surface area contributed by atoms with Gasteiger partial charge in [-0.15, -0.1) is 0 Å². The molecule has 0 aliphatic rings. The number of nitrogens with zero attached hydrogens (tertiary/aromatic N) is 1. The van der Waals surface area contributed by atoms with Crippen LogP contribution in [-0.4, -0.2) is 17.9 Å². The zero-order valence-electron chi connectivity index (χ0n) is 12.5. The second kappa shape index (κ2) is 6.19. The molecule has 0 atom stereocenters. The fraction of sp³-hybridized carbons (Fsp3) is 0.235. The van der Waals surface area contributed by atoms with Crippen molar-refractivity contribution in [1.82, 2.24) is 4.90 Å². The number of benzene rings is 2. The lowest BCUT2D eigenvalue weighted by Crippen LogP contribution is -2.27. The molecule has 4 heteroatoms. The number of anilines is 1. The molecule has 0 aliphatic heterocycles. The summed E-state index contributed by atoms with van der Waals surface area (Å²) in [6, 6.07) is 11.1. The van der Waals surface area contributed by atoms with E-state index in [1.807, 2.05) is 32.0 Å². The molecule has 2 aromatic rings. The second-order valence-electron chi connectivity index (χ2n) is 5.26. The maximum atomic E-state index is 12.6. The highest BCUT2D eigenvalue weighted by atomic mass is 35.5. The highest BCUT2D eigenvalue weighted by Gasteiger charge is 2.16. The van der Waals surface area contributed by atoms with E-state index in [1.165, 1.54) is 0 Å². The smallest absolute Gasteiger partial charge is 0.254 e. The van der Waals surface area contributed by atoms with E-state index in [-0.39, 0.29) is 5.91 Å². The van der Waals surface area contributed by atoms with Crippen molar-refractivity contribution in [3.63, 3.8) is 0 Å². The van der Waals surface area contributed by atoms with Crippen molar-refractivity contribution >= 4 is 23.2 Å². The Hall–Kier alpha value is -2.00. The van der Waals surface area contributed by atoms with Crippen LogP contribution < -0.4 is 5.73 Å². The van der Waals surface area contributed by atoms with E-state index in [0.29, 0.717) is 17.3 Å². The predicted octanol–water partition coefficient (Wildman–Crippen LogP) is 3.81. The summed E-state index contributed by atoms with van der Waals surface area (Å²) in [6.45, 7) is 4.39. The SMILES string of the molecule is Cc1cccc(C(=O)N(C)Cc2cc(N)ccc2Cl)c1C. The Morgan fingerprint density at radius 1 is 1.24 bits per heavy atom. The third-order valence-corrected chi connectivity index (χ3v) is 4.03. The maximum absolute atomic E-state index is 12.6. The van der Waals surface area contributed by atoms with Crippen LogP contribution in [0.5, 0.6) is 0 Å². The van der Waals surface area contributed by atoms with Crippen molar-refractivity contribution in [2.45, 2.75) is 20.4 Å². The first-order valence-electron chi connectivity index (χ1n) is 6.75. The summed E-state index contributed by atoms with van der Waals surface area (Å²) in [7, 11) is 1.77. The monoisotopic (exact) mass is 302 g/mol. The van der Waals surface area contributed by atoms with Gasteiger partial charge in [-0.05, 0) is 54.8 Å². The van der Waals surface area contributed by atoms with Gasteiger partial charge in [0.05, 0.1) is 0 Å². The second-order valence-corrected chi connectivity index (χ2v) is 5.67. The van der Waals surface area contributed by atoms with E-state index in [2.05, 4.69) is 0 Å². The molecule has 1 amide bonds. The number of nitrogen functional groups attached to an aromatic ring is 1. The zero-order chi connectivity index (χ0) is 15.6. The van der Waals surface area contributed by atoms with Crippen LogP contribution in [0.2, 0.25) is 5.02 Å². The quantitative estimate of drug-likeness (QED) is 0.876. The van der Waals surface area contributed by atoms with E-state index in [0.717, 1.165) is 22.3 Å². The molecule has 0 unspecified atom stereocenters. The lowest BCUT2D eigenvalue weighted by atomic mass is 10.0. The number of nitrogens with two attached hydrogens (primary N) is 1. The lowest BCUT2D eigenvalue weighted by Gasteiger charge is -2.20. The molecular formula is C17H19ClN2O. The number of aryl methyl sites for hydroxylation is 1. The summed E-state index contributed by atoms with van der Waals surface area (Å²) >= 11 is 6.15. The van der Waals surface area contributed by atoms with Crippen LogP contribution in [0, 0.1) is 13.8 Å². The van der Waals surface area contributed by atoms with E-state index < -0.39 is 0 Å². The average Bonchev–Trinajstić information content (AvgIpc) is 2.45. The zero-order valence-corrected chi connectivity index (χ0v) is 13.2. The highest BCUT2D eigenvalue weighted by molar-refractivity contribution is 6.31. The van der Waals surface area contributed by atoms with Crippen LogP contribution in [-0.2, 0) is 6.54 Å². The van der Waals surface area contributed by atoms with Gasteiger partial charge in [0.1, 0.15) is 0 Å². The van der Waals surface area contributed by atoms with Crippen LogP contribution in [0.25, 0.3) is 0 Å². The largest absolute Gasteiger partial charge is 0.399 e. The number of halogens is 1. The topological polar surface area (TPSA) is 46.3 Å². The molecule has 0 fully saturated rings. The summed E-state index contributed by atoms with van der Waals surface area (Å²) in [5.74, 6) is -0.0188. The fourth-order valence-electron chi connectivity index (χ4n) is 2.23. The van der Waals surface area contributed by atoms with Gasteiger partial charge in [-0.1, -0.05) is 23.7 Å². The van der Waals surface area contributed by atoms with Crippen molar-refractivity contribution in [2.75, 3.05) is 12.8 Å².